The number of allylic oxidation sites excluding steroid dienone is 2. The average Bonchev–Trinajstić information content (AvgIpc) is 3.48. The van der Waals surface area contributed by atoms with Crippen molar-refractivity contribution in [3.8, 4) is 0 Å². The fourth-order valence-corrected chi connectivity index (χ4v) is 6.33. The summed E-state index contributed by atoms with van der Waals surface area (Å²) in [6.07, 6.45) is 3.57. The predicted molar refractivity (Wildman–Crippen MR) is 148 cm³/mol. The summed E-state index contributed by atoms with van der Waals surface area (Å²) < 4.78 is 10.9. The molecule has 0 spiro atoms. The lowest BCUT2D eigenvalue weighted by molar-refractivity contribution is -0.152. The zero-order valence-corrected chi connectivity index (χ0v) is 22.5. The molecule has 0 radical (unpaired) electrons. The minimum absolute atomic E-state index is 0.131. The number of benzene rings is 1. The lowest BCUT2D eigenvalue weighted by Gasteiger charge is -2.43. The van der Waals surface area contributed by atoms with E-state index in [1.54, 1.807) is 43.3 Å². The van der Waals surface area contributed by atoms with Crippen molar-refractivity contribution in [1.82, 2.24) is 4.98 Å². The molecule has 0 fully saturated rings. The summed E-state index contributed by atoms with van der Waals surface area (Å²) in [5.74, 6) is -3.80. The number of Topliss-reactive ketones (excluding diaryl/α,β-unsaturated/α-hetero) is 1. The van der Waals surface area contributed by atoms with Gasteiger partial charge in [0.1, 0.15) is 11.7 Å². The smallest absolute Gasteiger partial charge is 0.338 e. The maximum Gasteiger partial charge on any atom is 0.338 e. The van der Waals surface area contributed by atoms with Crippen LogP contribution in [-0.2, 0) is 23.9 Å². The number of para-hydroxylation sites is 1. The summed E-state index contributed by atoms with van der Waals surface area (Å²) in [5, 5.41) is 1.92. The van der Waals surface area contributed by atoms with E-state index in [0.29, 0.717) is 28.9 Å². The molecule has 0 saturated heterocycles. The SMILES string of the molecule is CCOC(=O)C1=C(N)N(c2ccccc2)C2=C(C(=O)[C@@H](C(=O)OCC)[C@@H](c3cccs3)C2)[C@@H]1c1cccnc1. The quantitative estimate of drug-likeness (QED) is 0.338. The molecule has 2 aromatic heterocycles. The Morgan fingerprint density at radius 3 is 2.46 bits per heavy atom. The first-order chi connectivity index (χ1) is 19.0. The lowest BCUT2D eigenvalue weighted by Crippen LogP contribution is -2.46. The Balaban J connectivity index is 1.80. The fraction of sp³-hybridized carbons (Fsp3) is 0.267. The lowest BCUT2D eigenvalue weighted by atomic mass is 9.68. The van der Waals surface area contributed by atoms with Gasteiger partial charge in [0.2, 0.25) is 0 Å². The van der Waals surface area contributed by atoms with Crippen molar-refractivity contribution in [3.63, 3.8) is 0 Å². The van der Waals surface area contributed by atoms with Crippen LogP contribution < -0.4 is 10.6 Å². The molecular weight excluding hydrogens is 514 g/mol. The number of hydrogen-bond donors (Lipinski definition) is 1. The van der Waals surface area contributed by atoms with Crippen LogP contribution in [-0.4, -0.2) is 35.9 Å². The number of nitrogens with zero attached hydrogens (tertiary/aromatic N) is 2. The molecule has 1 aliphatic heterocycles. The first-order valence-corrected chi connectivity index (χ1v) is 13.7. The number of thiophene rings is 1. The number of esters is 2. The molecule has 5 rings (SSSR count). The highest BCUT2D eigenvalue weighted by atomic mass is 32.1. The Morgan fingerprint density at radius 1 is 1.05 bits per heavy atom. The molecule has 3 atom stereocenters. The molecule has 3 heterocycles. The zero-order valence-electron chi connectivity index (χ0n) is 21.7. The molecule has 2 N–H and O–H groups in total. The summed E-state index contributed by atoms with van der Waals surface area (Å²) >= 11 is 1.49. The Kier molecular flexibility index (Phi) is 7.60. The van der Waals surface area contributed by atoms with Gasteiger partial charge in [-0.05, 0) is 55.5 Å². The molecular formula is C30H29N3O5S. The van der Waals surface area contributed by atoms with Gasteiger partial charge in [-0.3, -0.25) is 19.5 Å². The molecule has 1 aromatic carbocycles. The highest BCUT2D eigenvalue weighted by Crippen LogP contribution is 2.51. The number of aromatic nitrogens is 1. The summed E-state index contributed by atoms with van der Waals surface area (Å²) in [4.78, 5) is 48.3. The number of rotatable bonds is 7. The van der Waals surface area contributed by atoms with Crippen LogP contribution in [0.1, 0.15) is 42.5 Å². The van der Waals surface area contributed by atoms with Crippen molar-refractivity contribution >= 4 is 34.7 Å². The summed E-state index contributed by atoms with van der Waals surface area (Å²) in [5.41, 5.74) is 9.23. The van der Waals surface area contributed by atoms with E-state index in [9.17, 15) is 14.4 Å². The van der Waals surface area contributed by atoms with E-state index in [1.807, 2.05) is 47.8 Å². The molecule has 200 valence electrons. The van der Waals surface area contributed by atoms with Crippen molar-refractivity contribution in [1.29, 1.82) is 0 Å². The molecule has 2 aliphatic rings. The standard InChI is InChI=1S/C30H29N3O5S/c1-3-37-29(35)24-20(22-13-9-15-39-22)16-21-25(27(24)34)23(18-10-8-14-32-17-18)26(30(36)38-4-2)28(31)33(21)19-11-6-5-7-12-19/h5-15,17,20,23-24H,3-4,16,31H2,1-2H3/t20-,23+,24+/m1/s1. The second-order valence-electron chi connectivity index (χ2n) is 9.19. The number of pyridine rings is 1. The second-order valence-corrected chi connectivity index (χ2v) is 10.2. The van der Waals surface area contributed by atoms with Gasteiger partial charge < -0.3 is 15.2 Å². The van der Waals surface area contributed by atoms with E-state index >= 15 is 0 Å². The molecule has 0 saturated carbocycles. The van der Waals surface area contributed by atoms with Crippen molar-refractivity contribution in [2.45, 2.75) is 32.1 Å². The molecule has 0 unspecified atom stereocenters. The van der Waals surface area contributed by atoms with E-state index < -0.39 is 35.5 Å². The minimum Gasteiger partial charge on any atom is -0.465 e. The van der Waals surface area contributed by atoms with Gasteiger partial charge in [-0.2, -0.15) is 0 Å². The van der Waals surface area contributed by atoms with E-state index in [4.69, 9.17) is 15.2 Å². The third-order valence-electron chi connectivity index (χ3n) is 7.02. The highest BCUT2D eigenvalue weighted by Gasteiger charge is 2.51. The molecule has 0 bridgehead atoms. The monoisotopic (exact) mass is 543 g/mol. The number of ether oxygens (including phenoxy) is 2. The van der Waals surface area contributed by atoms with Crippen molar-refractivity contribution < 1.29 is 23.9 Å². The van der Waals surface area contributed by atoms with Crippen molar-refractivity contribution in [2.24, 2.45) is 11.7 Å². The van der Waals surface area contributed by atoms with Crippen LogP contribution in [0, 0.1) is 5.92 Å². The van der Waals surface area contributed by atoms with E-state index in [0.717, 1.165) is 4.88 Å². The summed E-state index contributed by atoms with van der Waals surface area (Å²) in [6, 6.07) is 16.7. The van der Waals surface area contributed by atoms with Gasteiger partial charge in [0, 0.05) is 40.1 Å². The van der Waals surface area contributed by atoms with Gasteiger partial charge >= 0.3 is 11.9 Å². The van der Waals surface area contributed by atoms with Gasteiger partial charge in [-0.15, -0.1) is 11.3 Å². The summed E-state index contributed by atoms with van der Waals surface area (Å²) in [6.45, 7) is 3.71. The van der Waals surface area contributed by atoms with Crippen LogP contribution in [0.4, 0.5) is 5.69 Å². The van der Waals surface area contributed by atoms with Gasteiger partial charge in [0.05, 0.1) is 24.7 Å². The van der Waals surface area contributed by atoms with E-state index in [1.165, 1.54) is 11.3 Å². The predicted octanol–water partition coefficient (Wildman–Crippen LogP) is 4.67. The molecule has 8 nitrogen and oxygen atoms in total. The first-order valence-electron chi connectivity index (χ1n) is 12.9. The Hall–Kier alpha value is -4.24. The van der Waals surface area contributed by atoms with Gasteiger partial charge in [-0.1, -0.05) is 30.3 Å². The number of ketones is 1. The van der Waals surface area contributed by atoms with Gasteiger partial charge in [0.15, 0.2) is 5.78 Å². The van der Waals surface area contributed by atoms with Crippen LogP contribution in [0.15, 0.2) is 95.0 Å². The first kappa shape index (κ1) is 26.4. The number of hydrogen-bond acceptors (Lipinski definition) is 9. The molecule has 1 aliphatic carbocycles. The Morgan fingerprint density at radius 2 is 1.82 bits per heavy atom. The van der Waals surface area contributed by atoms with Crippen molar-refractivity contribution in [3.05, 3.63) is 105 Å². The fourth-order valence-electron chi connectivity index (χ4n) is 5.46. The number of carbonyl (C=O) groups is 3. The highest BCUT2D eigenvalue weighted by molar-refractivity contribution is 7.10. The van der Waals surface area contributed by atoms with Crippen LogP contribution in [0.2, 0.25) is 0 Å². The molecule has 3 aromatic rings. The van der Waals surface area contributed by atoms with Crippen LogP contribution in [0.5, 0.6) is 0 Å². The number of anilines is 1. The van der Waals surface area contributed by atoms with Crippen molar-refractivity contribution in [2.75, 3.05) is 18.1 Å². The summed E-state index contributed by atoms with van der Waals surface area (Å²) in [7, 11) is 0. The minimum atomic E-state index is -1.07. The van der Waals surface area contributed by atoms with E-state index in [2.05, 4.69) is 4.98 Å². The van der Waals surface area contributed by atoms with Crippen LogP contribution >= 0.6 is 11.3 Å². The zero-order chi connectivity index (χ0) is 27.5. The van der Waals surface area contributed by atoms with Gasteiger partial charge in [0.25, 0.3) is 0 Å². The maximum atomic E-state index is 14.6. The number of carbonyl (C=O) groups excluding carboxylic acids is 3. The Labute approximate surface area is 230 Å². The number of nitrogens with two attached hydrogens (primary N) is 1. The topological polar surface area (TPSA) is 112 Å². The Bertz CT molecular complexity index is 1430. The third-order valence-corrected chi connectivity index (χ3v) is 8.02. The van der Waals surface area contributed by atoms with E-state index in [-0.39, 0.29) is 24.6 Å². The molecule has 0 amide bonds. The van der Waals surface area contributed by atoms with Gasteiger partial charge in [-0.25, -0.2) is 4.79 Å². The maximum absolute atomic E-state index is 14.6. The largest absolute Gasteiger partial charge is 0.465 e. The van der Waals surface area contributed by atoms with Crippen LogP contribution in [0.3, 0.4) is 0 Å². The normalized spacial score (nSPS) is 21.0. The third kappa shape index (κ3) is 4.74. The molecule has 9 heteroatoms. The second kappa shape index (κ2) is 11.2. The average molecular weight is 544 g/mol. The van der Waals surface area contributed by atoms with Crippen LogP contribution in [0.25, 0.3) is 0 Å². The molecule has 39 heavy (non-hydrogen) atoms.